The summed E-state index contributed by atoms with van der Waals surface area (Å²) in [6.45, 7) is 0. The first-order chi connectivity index (χ1) is 14.2. The van der Waals surface area contributed by atoms with Gasteiger partial charge in [-0.15, -0.1) is 0 Å². The monoisotopic (exact) mass is 420 g/mol. The highest BCUT2D eigenvalue weighted by molar-refractivity contribution is 5.79. The Morgan fingerprint density at radius 2 is 1.77 bits per heavy atom. The quantitative estimate of drug-likeness (QED) is 0.690. The smallest absolute Gasteiger partial charge is 0.352 e. The zero-order chi connectivity index (χ0) is 21.7. The molecule has 1 atom stereocenters. The standard InChI is InChI=1S/C21H23F3N4O2/c22-21(23,24)16-5-1-3-14(11-16)18(15-4-2-10-26-12-15)28-19(29)13-6-8-17(9-7-13)27-20(25)30/h1-5,10-13,17-18H,6-9H2,(H,28,29)(H3,25,27,30). The molecule has 0 spiro atoms. The molecule has 9 heteroatoms. The van der Waals surface area contributed by atoms with Crippen molar-refractivity contribution in [2.75, 3.05) is 0 Å². The van der Waals surface area contributed by atoms with Gasteiger partial charge in [-0.25, -0.2) is 4.79 Å². The SMILES string of the molecule is NC(=O)NC1CCC(C(=O)NC(c2cccnc2)c2cccc(C(F)(F)F)c2)CC1. The van der Waals surface area contributed by atoms with Crippen molar-refractivity contribution in [2.24, 2.45) is 11.7 Å². The van der Waals surface area contributed by atoms with E-state index in [0.717, 1.165) is 12.1 Å². The van der Waals surface area contributed by atoms with Crippen LogP contribution in [-0.4, -0.2) is 23.0 Å². The molecule has 1 aromatic carbocycles. The molecule has 1 unspecified atom stereocenters. The summed E-state index contributed by atoms with van der Waals surface area (Å²) in [5.74, 6) is -0.528. The molecule has 3 amide bonds. The molecule has 0 radical (unpaired) electrons. The second-order valence-corrected chi connectivity index (χ2v) is 7.41. The highest BCUT2D eigenvalue weighted by Gasteiger charge is 2.32. The number of halogens is 3. The van der Waals surface area contributed by atoms with Gasteiger partial charge in [-0.1, -0.05) is 18.2 Å². The van der Waals surface area contributed by atoms with Crippen LogP contribution in [0.5, 0.6) is 0 Å². The highest BCUT2D eigenvalue weighted by atomic mass is 19.4. The molecule has 1 aromatic heterocycles. The number of amides is 3. The number of primary amides is 1. The van der Waals surface area contributed by atoms with Crippen molar-refractivity contribution in [3.63, 3.8) is 0 Å². The zero-order valence-corrected chi connectivity index (χ0v) is 16.2. The molecule has 160 valence electrons. The summed E-state index contributed by atoms with van der Waals surface area (Å²) in [4.78, 5) is 27.9. The van der Waals surface area contributed by atoms with E-state index in [1.54, 1.807) is 24.4 Å². The van der Waals surface area contributed by atoms with Gasteiger partial charge in [-0.05, 0) is 55.0 Å². The Labute approximate surface area is 172 Å². The topological polar surface area (TPSA) is 97.1 Å². The van der Waals surface area contributed by atoms with Crippen LogP contribution in [0.4, 0.5) is 18.0 Å². The van der Waals surface area contributed by atoms with Gasteiger partial charge in [-0.3, -0.25) is 9.78 Å². The van der Waals surface area contributed by atoms with Crippen LogP contribution >= 0.6 is 0 Å². The van der Waals surface area contributed by atoms with Crippen molar-refractivity contribution in [3.8, 4) is 0 Å². The predicted molar refractivity (Wildman–Crippen MR) is 104 cm³/mol. The fraction of sp³-hybridized carbons (Fsp3) is 0.381. The van der Waals surface area contributed by atoms with Crippen LogP contribution in [0.2, 0.25) is 0 Å². The van der Waals surface area contributed by atoms with E-state index >= 15 is 0 Å². The fourth-order valence-electron chi connectivity index (χ4n) is 3.76. The maximum Gasteiger partial charge on any atom is 0.416 e. The minimum Gasteiger partial charge on any atom is -0.352 e. The first-order valence-corrected chi connectivity index (χ1v) is 9.67. The Morgan fingerprint density at radius 3 is 2.37 bits per heavy atom. The second kappa shape index (κ2) is 9.15. The Bertz CT molecular complexity index is 881. The lowest BCUT2D eigenvalue weighted by Gasteiger charge is -2.29. The first kappa shape index (κ1) is 21.6. The Hall–Kier alpha value is -3.10. The van der Waals surface area contributed by atoms with Crippen molar-refractivity contribution >= 4 is 11.9 Å². The molecule has 2 aromatic rings. The maximum absolute atomic E-state index is 13.2. The number of hydrogen-bond acceptors (Lipinski definition) is 3. The van der Waals surface area contributed by atoms with E-state index < -0.39 is 23.8 Å². The van der Waals surface area contributed by atoms with E-state index in [1.807, 2.05) is 0 Å². The molecule has 6 nitrogen and oxygen atoms in total. The molecule has 1 saturated carbocycles. The Kier molecular flexibility index (Phi) is 6.59. The number of nitrogens with zero attached hydrogens (tertiary/aromatic N) is 1. The van der Waals surface area contributed by atoms with Gasteiger partial charge in [-0.2, -0.15) is 13.2 Å². The third kappa shape index (κ3) is 5.49. The van der Waals surface area contributed by atoms with Crippen molar-refractivity contribution in [2.45, 2.75) is 43.9 Å². The van der Waals surface area contributed by atoms with Crippen LogP contribution < -0.4 is 16.4 Å². The molecule has 30 heavy (non-hydrogen) atoms. The number of aromatic nitrogens is 1. The molecular weight excluding hydrogens is 397 g/mol. The summed E-state index contributed by atoms with van der Waals surface area (Å²) in [6.07, 6.45) is 0.939. The van der Waals surface area contributed by atoms with Gasteiger partial charge < -0.3 is 16.4 Å². The lowest BCUT2D eigenvalue weighted by Crippen LogP contribution is -2.43. The van der Waals surface area contributed by atoms with Gasteiger partial charge >= 0.3 is 12.2 Å². The minimum absolute atomic E-state index is 0.0656. The number of benzene rings is 1. The average Bonchev–Trinajstić information content (AvgIpc) is 2.72. The largest absolute Gasteiger partial charge is 0.416 e. The van der Waals surface area contributed by atoms with E-state index in [9.17, 15) is 22.8 Å². The van der Waals surface area contributed by atoms with Gasteiger partial charge in [0.15, 0.2) is 0 Å². The lowest BCUT2D eigenvalue weighted by molar-refractivity contribution is -0.137. The third-order valence-corrected chi connectivity index (χ3v) is 5.30. The second-order valence-electron chi connectivity index (χ2n) is 7.41. The number of pyridine rings is 1. The maximum atomic E-state index is 13.2. The van der Waals surface area contributed by atoms with Gasteiger partial charge in [0.05, 0.1) is 11.6 Å². The number of urea groups is 1. The molecular formula is C21H23F3N4O2. The van der Waals surface area contributed by atoms with Crippen LogP contribution in [0, 0.1) is 5.92 Å². The summed E-state index contributed by atoms with van der Waals surface area (Å²) >= 11 is 0. The molecule has 4 N–H and O–H groups in total. The van der Waals surface area contributed by atoms with Crippen molar-refractivity contribution in [3.05, 3.63) is 65.5 Å². The van der Waals surface area contributed by atoms with Gasteiger partial charge in [0.1, 0.15) is 0 Å². The van der Waals surface area contributed by atoms with Crippen LogP contribution in [0.25, 0.3) is 0 Å². The van der Waals surface area contributed by atoms with Crippen molar-refractivity contribution in [1.29, 1.82) is 0 Å². The molecule has 0 bridgehead atoms. The van der Waals surface area contributed by atoms with Crippen LogP contribution in [0.1, 0.15) is 48.4 Å². The number of nitrogens with two attached hydrogens (primary N) is 1. The van der Waals surface area contributed by atoms with E-state index in [0.29, 0.717) is 36.8 Å². The first-order valence-electron chi connectivity index (χ1n) is 9.67. The highest BCUT2D eigenvalue weighted by Crippen LogP contribution is 2.33. The molecule has 0 aliphatic heterocycles. The molecule has 1 heterocycles. The van der Waals surface area contributed by atoms with Crippen molar-refractivity contribution in [1.82, 2.24) is 15.6 Å². The summed E-state index contributed by atoms with van der Waals surface area (Å²) in [5.41, 5.74) is 5.28. The summed E-state index contributed by atoms with van der Waals surface area (Å²) in [5, 5.41) is 5.54. The Balaban J connectivity index is 1.78. The molecule has 1 fully saturated rings. The van der Waals surface area contributed by atoms with E-state index in [4.69, 9.17) is 5.73 Å². The predicted octanol–water partition coefficient (Wildman–Crippen LogP) is 3.53. The van der Waals surface area contributed by atoms with E-state index in [2.05, 4.69) is 15.6 Å². The van der Waals surface area contributed by atoms with Gasteiger partial charge in [0.25, 0.3) is 0 Å². The van der Waals surface area contributed by atoms with Crippen LogP contribution in [-0.2, 0) is 11.0 Å². The fourth-order valence-corrected chi connectivity index (χ4v) is 3.76. The number of nitrogens with one attached hydrogen (secondary N) is 2. The number of carbonyl (C=O) groups is 2. The van der Waals surface area contributed by atoms with Crippen LogP contribution in [0.3, 0.4) is 0 Å². The number of rotatable bonds is 5. The van der Waals surface area contributed by atoms with Gasteiger partial charge in [0, 0.05) is 24.4 Å². The number of carbonyl (C=O) groups excluding carboxylic acids is 2. The summed E-state index contributed by atoms with van der Waals surface area (Å²) in [7, 11) is 0. The lowest BCUT2D eigenvalue weighted by atomic mass is 9.85. The molecule has 0 saturated heterocycles. The van der Waals surface area contributed by atoms with E-state index in [-0.39, 0.29) is 17.9 Å². The summed E-state index contributed by atoms with van der Waals surface area (Å²) in [6, 6.07) is 6.90. The molecule has 1 aliphatic rings. The van der Waals surface area contributed by atoms with E-state index in [1.165, 1.54) is 12.3 Å². The number of hydrogen-bond donors (Lipinski definition) is 3. The summed E-state index contributed by atoms with van der Waals surface area (Å²) < 4.78 is 39.5. The molecule has 3 rings (SSSR count). The normalized spacial score (nSPS) is 20.2. The zero-order valence-electron chi connectivity index (χ0n) is 16.2. The minimum atomic E-state index is -4.48. The average molecular weight is 420 g/mol. The number of alkyl halides is 3. The van der Waals surface area contributed by atoms with Crippen LogP contribution in [0.15, 0.2) is 48.8 Å². The van der Waals surface area contributed by atoms with Crippen molar-refractivity contribution < 1.29 is 22.8 Å². The Morgan fingerprint density at radius 1 is 1.07 bits per heavy atom. The third-order valence-electron chi connectivity index (χ3n) is 5.30. The van der Waals surface area contributed by atoms with Gasteiger partial charge in [0.2, 0.25) is 5.91 Å². The molecule has 1 aliphatic carbocycles.